The third kappa shape index (κ3) is 13.0. The molecule has 2 atom stereocenters. The Morgan fingerprint density at radius 3 is 1.31 bits per heavy atom. The molecular weight excluding hydrogens is 500 g/mol. The van der Waals surface area contributed by atoms with Crippen LogP contribution in [-0.2, 0) is 24.0 Å². The molecule has 206 valence electrons. The van der Waals surface area contributed by atoms with Crippen molar-refractivity contribution in [2.45, 2.75) is 12.1 Å². The van der Waals surface area contributed by atoms with Crippen LogP contribution in [0.2, 0.25) is 0 Å². The van der Waals surface area contributed by atoms with Crippen LogP contribution in [-0.4, -0.2) is 166 Å². The number of carbonyl (C=O) groups is 5. The Kier molecular flexibility index (Phi) is 14.3. The molecule has 1 amide bonds. The van der Waals surface area contributed by atoms with Crippen LogP contribution in [0, 0.1) is 0 Å². The summed E-state index contributed by atoms with van der Waals surface area (Å²) in [7, 11) is 0. The molecule has 0 aromatic heterocycles. The van der Waals surface area contributed by atoms with Gasteiger partial charge in [-0.2, -0.15) is 12.6 Å². The molecule has 7 N–H and O–H groups in total. The van der Waals surface area contributed by atoms with Gasteiger partial charge in [-0.25, -0.2) is 4.79 Å². The second-order valence-corrected chi connectivity index (χ2v) is 8.86. The summed E-state index contributed by atoms with van der Waals surface area (Å²) >= 11 is 3.94. The van der Waals surface area contributed by atoms with Crippen molar-refractivity contribution in [1.29, 1.82) is 0 Å². The predicted molar refractivity (Wildman–Crippen MR) is 130 cm³/mol. The summed E-state index contributed by atoms with van der Waals surface area (Å²) in [6, 6.07) is -2.30. The van der Waals surface area contributed by atoms with Gasteiger partial charge in [0.15, 0.2) is 0 Å². The lowest BCUT2D eigenvalue weighted by atomic mass is 10.2. The van der Waals surface area contributed by atoms with E-state index in [1.54, 1.807) is 19.6 Å². The predicted octanol–water partition coefficient (Wildman–Crippen LogP) is -3.71. The number of carbonyl (C=O) groups excluding carboxylic acids is 1. The number of carboxylic acids is 4. The molecule has 1 aliphatic heterocycles. The second-order valence-electron chi connectivity index (χ2n) is 8.50. The standard InChI is InChI=1S/C20H36N6O9S/c21-14(13-36)19(33)22-15(20(34)35)9-23-1-3-24(10-16(27)28)5-7-26(12-18(31)32)8-6-25(4-2-23)11-17(29)30/h14-15,36H,1-13,21H2,(H,22,33)(H,27,28)(H,29,30)(H,31,32)(H,34,35)/t14-,15-/m0/s1. The fourth-order valence-corrected chi connectivity index (χ4v) is 3.78. The van der Waals surface area contributed by atoms with Gasteiger partial charge in [-0.3, -0.25) is 38.8 Å². The largest absolute Gasteiger partial charge is 0.480 e. The van der Waals surface area contributed by atoms with Gasteiger partial charge in [-0.1, -0.05) is 0 Å². The molecule has 1 aliphatic rings. The second kappa shape index (κ2) is 16.3. The van der Waals surface area contributed by atoms with Crippen LogP contribution in [0.4, 0.5) is 0 Å². The molecular formula is C20H36N6O9S. The summed E-state index contributed by atoms with van der Waals surface area (Å²) in [5, 5.41) is 39.8. The van der Waals surface area contributed by atoms with E-state index in [2.05, 4.69) is 17.9 Å². The highest BCUT2D eigenvalue weighted by molar-refractivity contribution is 7.80. The van der Waals surface area contributed by atoms with Gasteiger partial charge in [-0.15, -0.1) is 0 Å². The zero-order valence-corrected chi connectivity index (χ0v) is 20.9. The van der Waals surface area contributed by atoms with Crippen molar-refractivity contribution in [1.82, 2.24) is 24.9 Å². The zero-order valence-electron chi connectivity index (χ0n) is 20.0. The number of amides is 1. The molecule has 0 aromatic rings. The van der Waals surface area contributed by atoms with Crippen molar-refractivity contribution < 1.29 is 44.4 Å². The summed E-state index contributed by atoms with van der Waals surface area (Å²) in [5.74, 6) is -5.12. The van der Waals surface area contributed by atoms with E-state index in [4.69, 9.17) is 5.73 Å². The van der Waals surface area contributed by atoms with Crippen LogP contribution in [0.3, 0.4) is 0 Å². The molecule has 36 heavy (non-hydrogen) atoms. The summed E-state index contributed by atoms with van der Waals surface area (Å²) in [6.45, 7) is 0.888. The molecule has 0 bridgehead atoms. The minimum Gasteiger partial charge on any atom is -0.480 e. The third-order valence-electron chi connectivity index (χ3n) is 5.60. The first-order valence-corrected chi connectivity index (χ1v) is 12.0. The molecule has 1 rings (SSSR count). The number of rotatable bonds is 12. The molecule has 0 saturated carbocycles. The van der Waals surface area contributed by atoms with Crippen molar-refractivity contribution in [3.05, 3.63) is 0 Å². The van der Waals surface area contributed by atoms with Crippen molar-refractivity contribution >= 4 is 42.4 Å². The number of hydrogen-bond donors (Lipinski definition) is 7. The van der Waals surface area contributed by atoms with Crippen LogP contribution in [0.15, 0.2) is 0 Å². The fraction of sp³-hybridized carbons (Fsp3) is 0.750. The molecule has 1 saturated heterocycles. The van der Waals surface area contributed by atoms with E-state index in [-0.39, 0.29) is 84.3 Å². The highest BCUT2D eigenvalue weighted by atomic mass is 32.1. The van der Waals surface area contributed by atoms with Crippen LogP contribution in [0.1, 0.15) is 0 Å². The minimum atomic E-state index is -1.30. The quantitative estimate of drug-likeness (QED) is 0.119. The number of nitrogens with one attached hydrogen (secondary N) is 1. The van der Waals surface area contributed by atoms with Crippen molar-refractivity contribution in [2.75, 3.05) is 84.3 Å². The maximum Gasteiger partial charge on any atom is 0.327 e. The Balaban J connectivity index is 3.08. The molecule has 15 nitrogen and oxygen atoms in total. The summed E-state index contributed by atoms with van der Waals surface area (Å²) in [4.78, 5) is 64.4. The molecule has 0 spiro atoms. The van der Waals surface area contributed by atoms with Gasteiger partial charge in [-0.05, 0) is 0 Å². The SMILES string of the molecule is N[C@@H](CS)C(=O)N[C@@H](CN1CCN(CC(=O)O)CCN(CC(=O)O)CCN(CC(=O)O)CC1)C(=O)O. The Labute approximate surface area is 214 Å². The van der Waals surface area contributed by atoms with E-state index in [1.165, 1.54) is 0 Å². The number of nitrogens with two attached hydrogens (primary N) is 1. The van der Waals surface area contributed by atoms with Crippen molar-refractivity contribution in [3.63, 3.8) is 0 Å². The maximum atomic E-state index is 12.1. The van der Waals surface area contributed by atoms with E-state index in [9.17, 15) is 44.4 Å². The van der Waals surface area contributed by atoms with E-state index in [0.717, 1.165) is 0 Å². The van der Waals surface area contributed by atoms with E-state index in [0.29, 0.717) is 0 Å². The zero-order chi connectivity index (χ0) is 27.3. The van der Waals surface area contributed by atoms with Gasteiger partial charge in [0.05, 0.1) is 25.7 Å². The van der Waals surface area contributed by atoms with Gasteiger partial charge in [0.1, 0.15) is 6.04 Å². The number of aliphatic carboxylic acids is 4. The van der Waals surface area contributed by atoms with Crippen LogP contribution in [0.5, 0.6) is 0 Å². The Morgan fingerprint density at radius 1 is 0.694 bits per heavy atom. The average molecular weight is 537 g/mol. The highest BCUT2D eigenvalue weighted by Gasteiger charge is 2.27. The lowest BCUT2D eigenvalue weighted by Gasteiger charge is -2.34. The van der Waals surface area contributed by atoms with E-state index >= 15 is 0 Å². The van der Waals surface area contributed by atoms with E-state index in [1.807, 2.05) is 0 Å². The smallest absolute Gasteiger partial charge is 0.327 e. The molecule has 1 heterocycles. The summed E-state index contributed by atoms with van der Waals surface area (Å²) < 4.78 is 0. The molecule has 0 radical (unpaired) electrons. The van der Waals surface area contributed by atoms with Crippen LogP contribution >= 0.6 is 12.6 Å². The molecule has 1 fully saturated rings. The lowest BCUT2D eigenvalue weighted by Crippen LogP contribution is -2.55. The number of carboxylic acid groups (broad SMARTS) is 4. The number of thiol groups is 1. The van der Waals surface area contributed by atoms with Crippen LogP contribution < -0.4 is 11.1 Å². The van der Waals surface area contributed by atoms with Crippen LogP contribution in [0.25, 0.3) is 0 Å². The summed E-state index contributed by atoms with van der Waals surface area (Å²) in [6.07, 6.45) is 0. The van der Waals surface area contributed by atoms with Gasteiger partial charge < -0.3 is 31.5 Å². The monoisotopic (exact) mass is 536 g/mol. The topological polar surface area (TPSA) is 217 Å². The van der Waals surface area contributed by atoms with E-state index < -0.39 is 41.9 Å². The summed E-state index contributed by atoms with van der Waals surface area (Å²) in [5.41, 5.74) is 5.62. The Bertz CT molecular complexity index is 742. The first-order valence-electron chi connectivity index (χ1n) is 11.4. The number of hydrogen-bond acceptors (Lipinski definition) is 11. The minimum absolute atomic E-state index is 0.0229. The average Bonchev–Trinajstić information content (AvgIpc) is 2.78. The molecule has 0 unspecified atom stereocenters. The molecule has 16 heteroatoms. The highest BCUT2D eigenvalue weighted by Crippen LogP contribution is 2.03. The lowest BCUT2D eigenvalue weighted by molar-refractivity contribution is -0.142. The fourth-order valence-electron chi connectivity index (χ4n) is 3.61. The molecule has 0 aromatic carbocycles. The maximum absolute atomic E-state index is 12.1. The van der Waals surface area contributed by atoms with Gasteiger partial charge in [0.2, 0.25) is 5.91 Å². The Hall–Kier alpha value is -2.50. The van der Waals surface area contributed by atoms with Gasteiger partial charge in [0, 0.05) is 64.7 Å². The number of nitrogens with zero attached hydrogens (tertiary/aromatic N) is 4. The van der Waals surface area contributed by atoms with Crippen molar-refractivity contribution in [2.24, 2.45) is 5.73 Å². The van der Waals surface area contributed by atoms with Gasteiger partial charge in [0.25, 0.3) is 0 Å². The van der Waals surface area contributed by atoms with Gasteiger partial charge >= 0.3 is 23.9 Å². The molecule has 0 aliphatic carbocycles. The first kappa shape index (κ1) is 31.5. The first-order chi connectivity index (χ1) is 16.9. The normalized spacial score (nSPS) is 19.4. The third-order valence-corrected chi connectivity index (χ3v) is 5.99. The Morgan fingerprint density at radius 2 is 1.03 bits per heavy atom. The van der Waals surface area contributed by atoms with Crippen molar-refractivity contribution in [3.8, 4) is 0 Å².